The number of carbonyl (C=O) groups excluding carboxylic acids is 1. The maximum absolute atomic E-state index is 14.0. The minimum Gasteiger partial charge on any atom is -0.491 e. The molecule has 0 saturated carbocycles. The largest absolute Gasteiger partial charge is 0.491 e. The van der Waals surface area contributed by atoms with Gasteiger partial charge in [0.2, 0.25) is 0 Å². The van der Waals surface area contributed by atoms with Gasteiger partial charge in [0, 0.05) is 5.56 Å². The van der Waals surface area contributed by atoms with Gasteiger partial charge in [0.05, 0.1) is 10.6 Å². The van der Waals surface area contributed by atoms with Crippen molar-refractivity contribution in [1.29, 1.82) is 0 Å². The lowest BCUT2D eigenvalue weighted by Crippen LogP contribution is -3.28. The predicted molar refractivity (Wildman–Crippen MR) is 109 cm³/mol. The number of aliphatic hydroxyl groups excluding tert-OH is 1. The molecule has 0 spiro atoms. The first-order valence-electron chi connectivity index (χ1n) is 9.94. The summed E-state index contributed by atoms with van der Waals surface area (Å²) < 4.78 is 19.6. The number of piperazine rings is 1. The Bertz CT molecular complexity index is 803. The van der Waals surface area contributed by atoms with E-state index in [-0.39, 0.29) is 18.2 Å². The van der Waals surface area contributed by atoms with Crippen molar-refractivity contribution in [3.8, 4) is 5.75 Å². The van der Waals surface area contributed by atoms with Crippen molar-refractivity contribution in [3.63, 3.8) is 0 Å². The molecule has 0 aromatic heterocycles. The van der Waals surface area contributed by atoms with E-state index in [4.69, 9.17) is 16.3 Å². The van der Waals surface area contributed by atoms with E-state index in [0.29, 0.717) is 35.0 Å². The summed E-state index contributed by atoms with van der Waals surface area (Å²) in [6.45, 7) is 6.55. The van der Waals surface area contributed by atoms with E-state index >= 15 is 0 Å². The van der Waals surface area contributed by atoms with Gasteiger partial charge in [-0.15, -0.1) is 0 Å². The zero-order valence-corrected chi connectivity index (χ0v) is 17.3. The number of Topliss-reactive ketones (excluding diaryl/α,β-unsaturated/α-hetero) is 1. The summed E-state index contributed by atoms with van der Waals surface area (Å²) in [7, 11) is 0. The van der Waals surface area contributed by atoms with E-state index in [9.17, 15) is 14.3 Å². The SMILES string of the molecule is CC(=O)c1ccc(OC[C@@H](O)C[NH+]2CC[NH+](Cc3c(F)cccc3Cl)CC2)cc1. The van der Waals surface area contributed by atoms with Crippen LogP contribution in [0.1, 0.15) is 22.8 Å². The van der Waals surface area contributed by atoms with Gasteiger partial charge in [-0.05, 0) is 43.3 Å². The highest BCUT2D eigenvalue weighted by molar-refractivity contribution is 6.31. The molecule has 1 atom stereocenters. The van der Waals surface area contributed by atoms with Gasteiger partial charge in [-0.3, -0.25) is 4.79 Å². The molecule has 3 rings (SSSR count). The summed E-state index contributed by atoms with van der Waals surface area (Å²) in [5.41, 5.74) is 1.22. The minimum atomic E-state index is -0.569. The number of nitrogens with one attached hydrogen (secondary N) is 2. The second-order valence-electron chi connectivity index (χ2n) is 7.63. The van der Waals surface area contributed by atoms with E-state index in [2.05, 4.69) is 0 Å². The second-order valence-corrected chi connectivity index (χ2v) is 8.03. The van der Waals surface area contributed by atoms with Gasteiger partial charge < -0.3 is 19.6 Å². The fourth-order valence-electron chi connectivity index (χ4n) is 3.66. The van der Waals surface area contributed by atoms with Crippen LogP contribution in [0.15, 0.2) is 42.5 Å². The van der Waals surface area contributed by atoms with Crippen LogP contribution in [-0.2, 0) is 6.54 Å². The molecule has 0 amide bonds. The van der Waals surface area contributed by atoms with Gasteiger partial charge in [0.15, 0.2) is 5.78 Å². The Kier molecular flexibility index (Phi) is 7.61. The van der Waals surface area contributed by atoms with Crippen molar-refractivity contribution >= 4 is 17.4 Å². The number of aliphatic hydroxyl groups is 1. The van der Waals surface area contributed by atoms with Crippen LogP contribution in [0.4, 0.5) is 4.39 Å². The van der Waals surface area contributed by atoms with Crippen molar-refractivity contribution < 1.29 is 28.8 Å². The highest BCUT2D eigenvalue weighted by Gasteiger charge is 2.26. The van der Waals surface area contributed by atoms with E-state index in [1.54, 1.807) is 36.4 Å². The molecule has 156 valence electrons. The first-order chi connectivity index (χ1) is 13.9. The summed E-state index contributed by atoms with van der Waals surface area (Å²) in [6, 6.07) is 11.7. The van der Waals surface area contributed by atoms with E-state index in [1.165, 1.54) is 22.8 Å². The van der Waals surface area contributed by atoms with E-state index < -0.39 is 6.10 Å². The number of benzene rings is 2. The standard InChI is InChI=1S/C22H26ClFN2O3/c1-16(27)17-5-7-19(8-6-17)29-15-18(28)13-25-9-11-26(12-10-25)14-20-21(23)3-2-4-22(20)24/h2-8,18,28H,9-15H2,1H3/p+2/t18-/m0/s1. The molecular weight excluding hydrogens is 395 g/mol. The van der Waals surface area contributed by atoms with Crippen LogP contribution in [0.25, 0.3) is 0 Å². The van der Waals surface area contributed by atoms with Crippen LogP contribution in [-0.4, -0.2) is 56.3 Å². The van der Waals surface area contributed by atoms with Crippen LogP contribution in [0.2, 0.25) is 5.02 Å². The maximum Gasteiger partial charge on any atom is 0.159 e. The highest BCUT2D eigenvalue weighted by atomic mass is 35.5. The Morgan fingerprint density at radius 2 is 1.79 bits per heavy atom. The fourth-order valence-corrected chi connectivity index (χ4v) is 3.89. The molecule has 5 nitrogen and oxygen atoms in total. The minimum absolute atomic E-state index is 0.0127. The number of carbonyl (C=O) groups is 1. The number of hydrogen-bond donors (Lipinski definition) is 3. The Labute approximate surface area is 175 Å². The molecule has 0 bridgehead atoms. The molecule has 0 radical (unpaired) electrons. The summed E-state index contributed by atoms with van der Waals surface area (Å²) in [4.78, 5) is 13.9. The van der Waals surface area contributed by atoms with Gasteiger partial charge in [-0.25, -0.2) is 4.39 Å². The van der Waals surface area contributed by atoms with Crippen molar-refractivity contribution in [2.45, 2.75) is 19.6 Å². The number of rotatable bonds is 8. The smallest absolute Gasteiger partial charge is 0.159 e. The first-order valence-corrected chi connectivity index (χ1v) is 10.3. The lowest BCUT2D eigenvalue weighted by Gasteiger charge is -2.31. The van der Waals surface area contributed by atoms with Gasteiger partial charge in [-0.2, -0.15) is 0 Å². The Morgan fingerprint density at radius 1 is 1.14 bits per heavy atom. The molecule has 1 aliphatic heterocycles. The van der Waals surface area contributed by atoms with Crippen LogP contribution >= 0.6 is 11.6 Å². The molecule has 2 aromatic carbocycles. The number of halogens is 2. The monoisotopic (exact) mass is 422 g/mol. The molecule has 1 fully saturated rings. The molecule has 1 heterocycles. The van der Waals surface area contributed by atoms with Crippen molar-refractivity contribution in [3.05, 3.63) is 64.4 Å². The Balaban J connectivity index is 1.40. The average Bonchev–Trinajstić information content (AvgIpc) is 2.71. The summed E-state index contributed by atoms with van der Waals surface area (Å²) in [5.74, 6) is 0.405. The van der Waals surface area contributed by atoms with Crippen LogP contribution in [0.5, 0.6) is 5.75 Å². The van der Waals surface area contributed by atoms with Crippen molar-refractivity contribution in [2.75, 3.05) is 39.3 Å². The average molecular weight is 423 g/mol. The van der Waals surface area contributed by atoms with Crippen LogP contribution in [0.3, 0.4) is 0 Å². The second kappa shape index (κ2) is 10.2. The van der Waals surface area contributed by atoms with Gasteiger partial charge >= 0.3 is 0 Å². The Hall–Kier alpha value is -1.99. The van der Waals surface area contributed by atoms with Gasteiger partial charge in [0.25, 0.3) is 0 Å². The molecule has 29 heavy (non-hydrogen) atoms. The summed E-state index contributed by atoms with van der Waals surface area (Å²) in [6.07, 6.45) is -0.569. The third kappa shape index (κ3) is 6.24. The highest BCUT2D eigenvalue weighted by Crippen LogP contribution is 2.17. The molecule has 0 aliphatic carbocycles. The van der Waals surface area contributed by atoms with Crippen molar-refractivity contribution in [2.24, 2.45) is 0 Å². The Morgan fingerprint density at radius 3 is 2.41 bits per heavy atom. The number of ether oxygens (including phenoxy) is 1. The third-order valence-electron chi connectivity index (χ3n) is 5.38. The topological polar surface area (TPSA) is 55.4 Å². The zero-order chi connectivity index (χ0) is 20.8. The molecule has 2 aromatic rings. The van der Waals surface area contributed by atoms with E-state index in [0.717, 1.165) is 26.2 Å². The van der Waals surface area contributed by atoms with Crippen LogP contribution in [0, 0.1) is 5.82 Å². The van der Waals surface area contributed by atoms with Crippen molar-refractivity contribution in [1.82, 2.24) is 0 Å². The lowest BCUT2D eigenvalue weighted by atomic mass is 10.1. The van der Waals surface area contributed by atoms with Gasteiger partial charge in [-0.1, -0.05) is 17.7 Å². The molecular formula is C22H28ClFN2O3+2. The normalized spacial score (nSPS) is 20.3. The molecule has 1 saturated heterocycles. The summed E-state index contributed by atoms with van der Waals surface area (Å²) >= 11 is 6.13. The summed E-state index contributed by atoms with van der Waals surface area (Å²) in [5, 5.41) is 10.8. The lowest BCUT2D eigenvalue weighted by molar-refractivity contribution is -1.02. The van der Waals surface area contributed by atoms with E-state index in [1.807, 2.05) is 0 Å². The predicted octanol–water partition coefficient (Wildman–Crippen LogP) is 0.405. The quantitative estimate of drug-likeness (QED) is 0.540. The molecule has 3 N–H and O–H groups in total. The maximum atomic E-state index is 14.0. The first kappa shape index (κ1) is 21.7. The number of ketones is 1. The van der Waals surface area contributed by atoms with Crippen LogP contribution < -0.4 is 14.5 Å². The molecule has 1 aliphatic rings. The zero-order valence-electron chi connectivity index (χ0n) is 16.6. The number of quaternary nitrogens is 2. The molecule has 0 unspecified atom stereocenters. The molecule has 7 heteroatoms. The fraction of sp³-hybridized carbons (Fsp3) is 0.409. The third-order valence-corrected chi connectivity index (χ3v) is 5.73. The number of hydrogen-bond acceptors (Lipinski definition) is 3. The van der Waals surface area contributed by atoms with Gasteiger partial charge in [0.1, 0.15) is 63.5 Å².